The maximum atomic E-state index is 10.3. The van der Waals surface area contributed by atoms with Gasteiger partial charge in [0.05, 0.1) is 5.60 Å². The predicted molar refractivity (Wildman–Crippen MR) is 63.7 cm³/mol. The summed E-state index contributed by atoms with van der Waals surface area (Å²) in [6.07, 6.45) is 3.71. The number of aliphatic hydroxyl groups is 1. The van der Waals surface area contributed by atoms with Crippen LogP contribution >= 0.6 is 0 Å². The third-order valence-electron chi connectivity index (χ3n) is 3.79. The molecule has 3 nitrogen and oxygen atoms in total. The number of hydrogen-bond donors (Lipinski definition) is 2. The highest BCUT2D eigenvalue weighted by Gasteiger charge is 2.31. The fraction of sp³-hybridized carbons (Fsp3) is 1.00. The second-order valence-electron chi connectivity index (χ2n) is 5.37. The number of β-amino-alcohol motifs (C(OH)–C–C–N with tert-alkyl or cyclic N) is 1. The molecular formula is C12H26N2O. The molecule has 1 saturated heterocycles. The smallest absolute Gasteiger partial charge is 0.0768 e. The lowest BCUT2D eigenvalue weighted by molar-refractivity contribution is -0.0346. The number of rotatable bonds is 4. The van der Waals surface area contributed by atoms with Crippen LogP contribution in [0.4, 0.5) is 0 Å². The highest BCUT2D eigenvalue weighted by Crippen LogP contribution is 2.23. The monoisotopic (exact) mass is 214 g/mol. The van der Waals surface area contributed by atoms with E-state index in [4.69, 9.17) is 5.73 Å². The number of likely N-dealkylation sites (tertiary alicyclic amines) is 1. The Morgan fingerprint density at radius 2 is 2.13 bits per heavy atom. The summed E-state index contributed by atoms with van der Waals surface area (Å²) in [6.45, 7) is 8.63. The summed E-state index contributed by atoms with van der Waals surface area (Å²) >= 11 is 0. The zero-order valence-corrected chi connectivity index (χ0v) is 10.4. The molecule has 0 amide bonds. The van der Waals surface area contributed by atoms with Crippen molar-refractivity contribution in [3.63, 3.8) is 0 Å². The minimum Gasteiger partial charge on any atom is -0.389 e. The molecule has 0 spiro atoms. The summed E-state index contributed by atoms with van der Waals surface area (Å²) in [5.41, 5.74) is 5.17. The van der Waals surface area contributed by atoms with Crippen LogP contribution in [0.15, 0.2) is 0 Å². The first-order valence-corrected chi connectivity index (χ1v) is 6.14. The number of piperidine rings is 1. The lowest BCUT2D eigenvalue weighted by atomic mass is 9.90. The summed E-state index contributed by atoms with van der Waals surface area (Å²) in [4.78, 5) is 2.36. The standard InChI is InChI=1S/C12H26N2O/c1-10(2)12(3,15)9-14-7-5-4-6-11(14)8-13/h10-11,15H,4-9,13H2,1-3H3. The topological polar surface area (TPSA) is 49.5 Å². The van der Waals surface area contributed by atoms with Crippen LogP contribution in [-0.4, -0.2) is 41.3 Å². The van der Waals surface area contributed by atoms with Crippen LogP contribution < -0.4 is 5.73 Å². The molecule has 0 bridgehead atoms. The molecule has 0 saturated carbocycles. The van der Waals surface area contributed by atoms with Crippen molar-refractivity contribution in [2.45, 2.75) is 51.7 Å². The van der Waals surface area contributed by atoms with E-state index in [1.54, 1.807) is 0 Å². The molecule has 2 unspecified atom stereocenters. The van der Waals surface area contributed by atoms with E-state index < -0.39 is 5.60 Å². The summed E-state index contributed by atoms with van der Waals surface area (Å²) in [7, 11) is 0. The molecule has 2 atom stereocenters. The van der Waals surface area contributed by atoms with Gasteiger partial charge in [0.15, 0.2) is 0 Å². The highest BCUT2D eigenvalue weighted by molar-refractivity contribution is 4.86. The second-order valence-corrected chi connectivity index (χ2v) is 5.37. The van der Waals surface area contributed by atoms with Crippen LogP contribution in [0.3, 0.4) is 0 Å². The average molecular weight is 214 g/mol. The van der Waals surface area contributed by atoms with Gasteiger partial charge in [-0.3, -0.25) is 4.90 Å². The van der Waals surface area contributed by atoms with Crippen molar-refractivity contribution < 1.29 is 5.11 Å². The van der Waals surface area contributed by atoms with Crippen LogP contribution in [0.1, 0.15) is 40.0 Å². The fourth-order valence-electron chi connectivity index (χ4n) is 2.13. The van der Waals surface area contributed by atoms with Gasteiger partial charge in [0.2, 0.25) is 0 Å². The minimum absolute atomic E-state index is 0.290. The summed E-state index contributed by atoms with van der Waals surface area (Å²) < 4.78 is 0. The van der Waals surface area contributed by atoms with Crippen molar-refractivity contribution in [2.75, 3.05) is 19.6 Å². The molecule has 1 fully saturated rings. The van der Waals surface area contributed by atoms with Crippen LogP contribution in [0.5, 0.6) is 0 Å². The van der Waals surface area contributed by atoms with Gasteiger partial charge in [-0.1, -0.05) is 20.3 Å². The van der Waals surface area contributed by atoms with Crippen molar-refractivity contribution in [3.8, 4) is 0 Å². The zero-order valence-electron chi connectivity index (χ0n) is 10.4. The molecule has 15 heavy (non-hydrogen) atoms. The molecule has 1 aliphatic rings. The van der Waals surface area contributed by atoms with Crippen molar-refractivity contribution in [1.82, 2.24) is 4.90 Å². The molecule has 1 aliphatic heterocycles. The Labute approximate surface area is 93.6 Å². The molecule has 1 rings (SSSR count). The van der Waals surface area contributed by atoms with E-state index in [1.807, 2.05) is 6.92 Å². The first-order valence-electron chi connectivity index (χ1n) is 6.14. The fourth-order valence-corrected chi connectivity index (χ4v) is 2.13. The highest BCUT2D eigenvalue weighted by atomic mass is 16.3. The van der Waals surface area contributed by atoms with E-state index >= 15 is 0 Å². The van der Waals surface area contributed by atoms with Gasteiger partial charge in [-0.05, 0) is 32.2 Å². The Morgan fingerprint density at radius 3 is 2.67 bits per heavy atom. The van der Waals surface area contributed by atoms with Crippen LogP contribution in [0, 0.1) is 5.92 Å². The van der Waals surface area contributed by atoms with E-state index in [0.717, 1.165) is 13.1 Å². The van der Waals surface area contributed by atoms with Crippen molar-refractivity contribution >= 4 is 0 Å². The Kier molecular flexibility index (Phi) is 4.56. The van der Waals surface area contributed by atoms with E-state index in [-0.39, 0.29) is 5.92 Å². The van der Waals surface area contributed by atoms with E-state index in [2.05, 4.69) is 18.7 Å². The van der Waals surface area contributed by atoms with E-state index in [9.17, 15) is 5.11 Å². The minimum atomic E-state index is -0.592. The van der Waals surface area contributed by atoms with Gasteiger partial charge in [0, 0.05) is 19.1 Å². The molecule has 0 radical (unpaired) electrons. The maximum absolute atomic E-state index is 10.3. The van der Waals surface area contributed by atoms with Crippen molar-refractivity contribution in [3.05, 3.63) is 0 Å². The quantitative estimate of drug-likeness (QED) is 0.739. The largest absolute Gasteiger partial charge is 0.389 e. The average Bonchev–Trinajstić information content (AvgIpc) is 2.18. The molecule has 1 heterocycles. The summed E-state index contributed by atoms with van der Waals surface area (Å²) in [5, 5.41) is 10.3. The molecule has 90 valence electrons. The first kappa shape index (κ1) is 12.9. The third kappa shape index (κ3) is 3.44. The summed E-state index contributed by atoms with van der Waals surface area (Å²) in [6, 6.07) is 0.476. The van der Waals surface area contributed by atoms with Crippen LogP contribution in [-0.2, 0) is 0 Å². The van der Waals surface area contributed by atoms with Crippen molar-refractivity contribution in [1.29, 1.82) is 0 Å². The molecule has 0 aromatic heterocycles. The predicted octanol–water partition coefficient (Wildman–Crippen LogP) is 1.21. The van der Waals surface area contributed by atoms with Gasteiger partial charge in [0.1, 0.15) is 0 Å². The second kappa shape index (κ2) is 5.28. The number of hydrogen-bond acceptors (Lipinski definition) is 3. The Morgan fingerprint density at radius 1 is 1.47 bits per heavy atom. The van der Waals surface area contributed by atoms with Crippen molar-refractivity contribution in [2.24, 2.45) is 11.7 Å². The van der Waals surface area contributed by atoms with Gasteiger partial charge in [-0.2, -0.15) is 0 Å². The molecular weight excluding hydrogens is 188 g/mol. The third-order valence-corrected chi connectivity index (χ3v) is 3.79. The molecule has 0 aliphatic carbocycles. The SMILES string of the molecule is CC(C)C(C)(O)CN1CCCCC1CN. The first-order chi connectivity index (χ1) is 6.97. The normalized spacial score (nSPS) is 28.0. The Hall–Kier alpha value is -0.120. The summed E-state index contributed by atoms with van der Waals surface area (Å²) in [5.74, 6) is 0.290. The Balaban J connectivity index is 2.54. The number of nitrogens with two attached hydrogens (primary N) is 1. The molecule has 3 heteroatoms. The number of nitrogens with zero attached hydrogens (tertiary/aromatic N) is 1. The van der Waals surface area contributed by atoms with Gasteiger partial charge in [-0.15, -0.1) is 0 Å². The van der Waals surface area contributed by atoms with Crippen LogP contribution in [0.25, 0.3) is 0 Å². The lowest BCUT2D eigenvalue weighted by Crippen LogP contribution is -2.52. The molecule has 0 aromatic carbocycles. The van der Waals surface area contributed by atoms with E-state index in [1.165, 1.54) is 19.3 Å². The maximum Gasteiger partial charge on any atom is 0.0768 e. The van der Waals surface area contributed by atoms with Gasteiger partial charge >= 0.3 is 0 Å². The zero-order chi connectivity index (χ0) is 11.5. The lowest BCUT2D eigenvalue weighted by Gasteiger charge is -2.41. The molecule has 3 N–H and O–H groups in total. The van der Waals surface area contributed by atoms with Gasteiger partial charge < -0.3 is 10.8 Å². The van der Waals surface area contributed by atoms with E-state index in [0.29, 0.717) is 12.6 Å². The van der Waals surface area contributed by atoms with Gasteiger partial charge in [0.25, 0.3) is 0 Å². The van der Waals surface area contributed by atoms with Gasteiger partial charge in [-0.25, -0.2) is 0 Å². The van der Waals surface area contributed by atoms with Crippen LogP contribution in [0.2, 0.25) is 0 Å². The Bertz CT molecular complexity index is 192. The molecule has 0 aromatic rings.